The Morgan fingerprint density at radius 1 is 1.04 bits per heavy atom. The molecular weight excluding hydrogens is 293 g/mol. The third kappa shape index (κ3) is 5.09. The molecule has 0 saturated carbocycles. The summed E-state index contributed by atoms with van der Waals surface area (Å²) in [5.74, 6) is 0.229. The Labute approximate surface area is 136 Å². The summed E-state index contributed by atoms with van der Waals surface area (Å²) >= 11 is 0. The zero-order chi connectivity index (χ0) is 16.7. The lowest BCUT2D eigenvalue weighted by molar-refractivity contribution is -0.128. The normalized spacial score (nSPS) is 11.8. The van der Waals surface area contributed by atoms with Crippen LogP contribution in [0.2, 0.25) is 0 Å². The number of carbonyl (C=O) groups is 1. The molecule has 2 aromatic rings. The molecule has 0 fully saturated rings. The monoisotopic (exact) mass is 315 g/mol. The SMILES string of the molecule is CCc1ccc(OC(CC)C(=O)NCc2ccc(F)cc2)cc1. The van der Waals surface area contributed by atoms with Gasteiger partial charge in [0.1, 0.15) is 11.6 Å². The van der Waals surface area contributed by atoms with Gasteiger partial charge in [0.2, 0.25) is 0 Å². The summed E-state index contributed by atoms with van der Waals surface area (Å²) in [6, 6.07) is 13.8. The highest BCUT2D eigenvalue weighted by Gasteiger charge is 2.17. The van der Waals surface area contributed by atoms with Gasteiger partial charge in [0.15, 0.2) is 6.10 Å². The van der Waals surface area contributed by atoms with Crippen molar-refractivity contribution in [2.75, 3.05) is 0 Å². The Balaban J connectivity index is 1.90. The van der Waals surface area contributed by atoms with Crippen LogP contribution in [-0.4, -0.2) is 12.0 Å². The molecule has 2 aromatic carbocycles. The van der Waals surface area contributed by atoms with Crippen molar-refractivity contribution in [3.63, 3.8) is 0 Å². The molecule has 1 amide bonds. The first kappa shape index (κ1) is 17.0. The van der Waals surface area contributed by atoms with Gasteiger partial charge in [0.25, 0.3) is 5.91 Å². The molecular formula is C19H22FNO2. The third-order valence-electron chi connectivity index (χ3n) is 3.65. The highest BCUT2D eigenvalue weighted by atomic mass is 19.1. The fraction of sp³-hybridized carbons (Fsp3) is 0.316. The smallest absolute Gasteiger partial charge is 0.261 e. The average molecular weight is 315 g/mol. The van der Waals surface area contributed by atoms with Gasteiger partial charge in [-0.25, -0.2) is 4.39 Å². The van der Waals surface area contributed by atoms with Crippen LogP contribution in [-0.2, 0) is 17.8 Å². The molecule has 0 radical (unpaired) electrons. The van der Waals surface area contributed by atoms with E-state index in [9.17, 15) is 9.18 Å². The van der Waals surface area contributed by atoms with Crippen molar-refractivity contribution in [3.05, 3.63) is 65.5 Å². The summed E-state index contributed by atoms with van der Waals surface area (Å²) in [5, 5.41) is 2.83. The maximum Gasteiger partial charge on any atom is 0.261 e. The molecule has 3 nitrogen and oxygen atoms in total. The van der Waals surface area contributed by atoms with Crippen molar-refractivity contribution in [2.24, 2.45) is 0 Å². The van der Waals surface area contributed by atoms with E-state index in [1.165, 1.54) is 17.7 Å². The predicted octanol–water partition coefficient (Wildman–Crippen LogP) is 3.86. The molecule has 0 bridgehead atoms. The molecule has 1 N–H and O–H groups in total. The van der Waals surface area contributed by atoms with E-state index in [4.69, 9.17) is 4.74 Å². The van der Waals surface area contributed by atoms with Crippen LogP contribution in [0.25, 0.3) is 0 Å². The zero-order valence-corrected chi connectivity index (χ0v) is 13.5. The summed E-state index contributed by atoms with van der Waals surface area (Å²) in [6.07, 6.45) is 1.00. The summed E-state index contributed by atoms with van der Waals surface area (Å²) < 4.78 is 18.6. The topological polar surface area (TPSA) is 38.3 Å². The molecule has 2 rings (SSSR count). The van der Waals surface area contributed by atoms with Gasteiger partial charge in [-0.05, 0) is 48.2 Å². The quantitative estimate of drug-likeness (QED) is 0.842. The lowest BCUT2D eigenvalue weighted by atomic mass is 10.1. The van der Waals surface area contributed by atoms with Crippen molar-refractivity contribution >= 4 is 5.91 Å². The number of rotatable bonds is 7. The van der Waals surface area contributed by atoms with Crippen LogP contribution in [0.3, 0.4) is 0 Å². The van der Waals surface area contributed by atoms with Crippen molar-refractivity contribution in [1.29, 1.82) is 0 Å². The Bertz CT molecular complexity index is 623. The number of nitrogens with one attached hydrogen (secondary N) is 1. The number of halogens is 1. The van der Waals surface area contributed by atoms with Crippen LogP contribution in [0, 0.1) is 5.82 Å². The molecule has 0 aliphatic carbocycles. The maximum atomic E-state index is 12.9. The molecule has 0 aliphatic heterocycles. The first-order valence-electron chi connectivity index (χ1n) is 7.90. The molecule has 1 unspecified atom stereocenters. The maximum absolute atomic E-state index is 12.9. The van der Waals surface area contributed by atoms with Crippen LogP contribution in [0.1, 0.15) is 31.4 Å². The lowest BCUT2D eigenvalue weighted by Gasteiger charge is -2.17. The third-order valence-corrected chi connectivity index (χ3v) is 3.65. The first-order chi connectivity index (χ1) is 11.1. The highest BCUT2D eigenvalue weighted by molar-refractivity contribution is 5.81. The van der Waals surface area contributed by atoms with Crippen LogP contribution in [0.4, 0.5) is 4.39 Å². The number of hydrogen-bond donors (Lipinski definition) is 1. The number of ether oxygens (including phenoxy) is 1. The van der Waals surface area contributed by atoms with Gasteiger partial charge < -0.3 is 10.1 Å². The van der Waals surface area contributed by atoms with E-state index >= 15 is 0 Å². The molecule has 4 heteroatoms. The molecule has 0 spiro atoms. The van der Waals surface area contributed by atoms with Gasteiger partial charge in [-0.2, -0.15) is 0 Å². The Morgan fingerprint density at radius 3 is 2.22 bits per heavy atom. The molecule has 1 atom stereocenters. The lowest BCUT2D eigenvalue weighted by Crippen LogP contribution is -2.37. The summed E-state index contributed by atoms with van der Waals surface area (Å²) in [4.78, 5) is 12.2. The van der Waals surface area contributed by atoms with Crippen LogP contribution < -0.4 is 10.1 Å². The van der Waals surface area contributed by atoms with E-state index in [0.717, 1.165) is 12.0 Å². The van der Waals surface area contributed by atoms with Gasteiger partial charge in [-0.15, -0.1) is 0 Å². The van der Waals surface area contributed by atoms with E-state index in [0.29, 0.717) is 18.7 Å². The largest absolute Gasteiger partial charge is 0.481 e. The summed E-state index contributed by atoms with van der Waals surface area (Å²) in [5.41, 5.74) is 2.08. The Kier molecular flexibility index (Phi) is 6.15. The molecule has 0 saturated heterocycles. The second-order valence-corrected chi connectivity index (χ2v) is 5.36. The van der Waals surface area contributed by atoms with Crippen LogP contribution >= 0.6 is 0 Å². The van der Waals surface area contributed by atoms with Crippen molar-refractivity contribution in [1.82, 2.24) is 5.32 Å². The molecule has 0 heterocycles. The van der Waals surface area contributed by atoms with Crippen molar-refractivity contribution < 1.29 is 13.9 Å². The van der Waals surface area contributed by atoms with Gasteiger partial charge in [-0.1, -0.05) is 38.1 Å². The van der Waals surface area contributed by atoms with E-state index in [1.807, 2.05) is 31.2 Å². The average Bonchev–Trinajstić information content (AvgIpc) is 2.59. The van der Waals surface area contributed by atoms with E-state index in [-0.39, 0.29) is 11.7 Å². The fourth-order valence-corrected chi connectivity index (χ4v) is 2.20. The predicted molar refractivity (Wildman–Crippen MR) is 88.8 cm³/mol. The number of aryl methyl sites for hydroxylation is 1. The zero-order valence-electron chi connectivity index (χ0n) is 13.5. The Morgan fingerprint density at radius 2 is 1.65 bits per heavy atom. The van der Waals surface area contributed by atoms with Gasteiger partial charge in [0, 0.05) is 6.54 Å². The minimum Gasteiger partial charge on any atom is -0.481 e. The highest BCUT2D eigenvalue weighted by Crippen LogP contribution is 2.15. The standard InChI is InChI=1S/C19H22FNO2/c1-3-14-7-11-17(12-8-14)23-18(4-2)19(22)21-13-15-5-9-16(20)10-6-15/h5-12,18H,3-4,13H2,1-2H3,(H,21,22). The van der Waals surface area contributed by atoms with Gasteiger partial charge in [0.05, 0.1) is 0 Å². The fourth-order valence-electron chi connectivity index (χ4n) is 2.20. The molecule has 0 aliphatic rings. The second kappa shape index (κ2) is 8.32. The molecule has 0 aromatic heterocycles. The molecule has 23 heavy (non-hydrogen) atoms. The van der Waals surface area contributed by atoms with Gasteiger partial charge >= 0.3 is 0 Å². The van der Waals surface area contributed by atoms with Gasteiger partial charge in [-0.3, -0.25) is 4.79 Å². The second-order valence-electron chi connectivity index (χ2n) is 5.36. The van der Waals surface area contributed by atoms with Crippen molar-refractivity contribution in [3.8, 4) is 5.75 Å². The number of carbonyl (C=O) groups excluding carboxylic acids is 1. The molecule has 122 valence electrons. The minimum atomic E-state index is -0.539. The van der Waals surface area contributed by atoms with E-state index in [1.54, 1.807) is 12.1 Å². The minimum absolute atomic E-state index is 0.170. The number of hydrogen-bond acceptors (Lipinski definition) is 2. The van der Waals surface area contributed by atoms with E-state index < -0.39 is 6.10 Å². The van der Waals surface area contributed by atoms with Crippen molar-refractivity contribution in [2.45, 2.75) is 39.3 Å². The summed E-state index contributed by atoms with van der Waals surface area (Å²) in [6.45, 7) is 4.35. The first-order valence-corrected chi connectivity index (χ1v) is 7.90. The van der Waals surface area contributed by atoms with E-state index in [2.05, 4.69) is 12.2 Å². The van der Waals surface area contributed by atoms with Crippen LogP contribution in [0.15, 0.2) is 48.5 Å². The Hall–Kier alpha value is -2.36. The summed E-state index contributed by atoms with van der Waals surface area (Å²) in [7, 11) is 0. The number of amides is 1. The van der Waals surface area contributed by atoms with Crippen LogP contribution in [0.5, 0.6) is 5.75 Å². The number of benzene rings is 2.